The number of nitrogens with one attached hydrogen (secondary N) is 1. The summed E-state index contributed by atoms with van der Waals surface area (Å²) in [7, 11) is 1.34. The summed E-state index contributed by atoms with van der Waals surface area (Å²) in [5.74, 6) is 0.0482. The zero-order valence-electron chi connectivity index (χ0n) is 13.2. The third kappa shape index (κ3) is 5.65. The molecule has 0 fully saturated rings. The van der Waals surface area contributed by atoms with Crippen LogP contribution < -0.4 is 5.32 Å². The second kappa shape index (κ2) is 9.44. The Labute approximate surface area is 148 Å². The van der Waals surface area contributed by atoms with E-state index in [-0.39, 0.29) is 35.9 Å². The first-order chi connectivity index (χ1) is 11.6. The van der Waals surface area contributed by atoms with E-state index in [2.05, 4.69) is 10.1 Å². The van der Waals surface area contributed by atoms with Gasteiger partial charge in [0.05, 0.1) is 25.3 Å². The van der Waals surface area contributed by atoms with Gasteiger partial charge in [-0.05, 0) is 29.1 Å². The van der Waals surface area contributed by atoms with Gasteiger partial charge in [-0.2, -0.15) is 11.8 Å². The van der Waals surface area contributed by atoms with Crippen molar-refractivity contribution in [3.63, 3.8) is 0 Å². The van der Waals surface area contributed by atoms with Crippen LogP contribution in [0.2, 0.25) is 0 Å². The Balaban J connectivity index is 1.95. The number of esters is 1. The summed E-state index contributed by atoms with van der Waals surface area (Å²) in [6.07, 6.45) is 0.279. The maximum atomic E-state index is 13.1. The number of carbonyl (C=O) groups excluding carboxylic acids is 2. The van der Waals surface area contributed by atoms with Gasteiger partial charge in [0.1, 0.15) is 5.82 Å². The highest BCUT2D eigenvalue weighted by Crippen LogP contribution is 2.26. The highest BCUT2D eigenvalue weighted by atomic mass is 32.2. The van der Waals surface area contributed by atoms with Crippen molar-refractivity contribution in [3.8, 4) is 0 Å². The normalized spacial score (nSPS) is 11.8. The van der Waals surface area contributed by atoms with Crippen molar-refractivity contribution in [2.24, 2.45) is 0 Å². The molecule has 128 valence electrons. The highest BCUT2D eigenvalue weighted by Gasteiger charge is 2.18. The SMILES string of the molecule is COC(=O)CCSCC(=O)N[C@@H](c1ccc(F)cc1)c1cccs1. The maximum absolute atomic E-state index is 13.1. The number of methoxy groups -OCH3 is 1. The first kappa shape index (κ1) is 18.5. The molecule has 0 unspecified atom stereocenters. The number of amides is 1. The van der Waals surface area contributed by atoms with Crippen LogP contribution in [0.5, 0.6) is 0 Å². The molecule has 2 aromatic rings. The molecule has 1 aromatic heterocycles. The van der Waals surface area contributed by atoms with E-state index in [0.29, 0.717) is 5.75 Å². The van der Waals surface area contributed by atoms with Gasteiger partial charge in [-0.15, -0.1) is 11.3 Å². The van der Waals surface area contributed by atoms with Crippen LogP contribution >= 0.6 is 23.1 Å². The molecule has 1 N–H and O–H groups in total. The fourth-order valence-electron chi connectivity index (χ4n) is 2.05. The second-order valence-corrected chi connectivity index (χ2v) is 7.03. The Morgan fingerprint density at radius 3 is 2.67 bits per heavy atom. The second-order valence-electron chi connectivity index (χ2n) is 4.95. The molecule has 0 aliphatic heterocycles. The number of hydrogen-bond acceptors (Lipinski definition) is 5. The first-order valence-electron chi connectivity index (χ1n) is 7.33. The largest absolute Gasteiger partial charge is 0.469 e. The summed E-state index contributed by atoms with van der Waals surface area (Å²) in [6.45, 7) is 0. The molecule has 0 radical (unpaired) electrons. The smallest absolute Gasteiger partial charge is 0.306 e. The number of rotatable bonds is 8. The van der Waals surface area contributed by atoms with E-state index < -0.39 is 0 Å². The molecule has 1 amide bonds. The maximum Gasteiger partial charge on any atom is 0.306 e. The van der Waals surface area contributed by atoms with Crippen LogP contribution in [0, 0.1) is 5.82 Å². The molecule has 0 saturated heterocycles. The van der Waals surface area contributed by atoms with Crippen LogP contribution in [0.1, 0.15) is 22.9 Å². The Hall–Kier alpha value is -1.86. The van der Waals surface area contributed by atoms with Crippen LogP contribution in [-0.2, 0) is 14.3 Å². The molecule has 24 heavy (non-hydrogen) atoms. The van der Waals surface area contributed by atoms with Crippen molar-refractivity contribution in [1.82, 2.24) is 5.32 Å². The fraction of sp³-hybridized carbons (Fsp3) is 0.294. The Kier molecular flexibility index (Phi) is 7.27. The van der Waals surface area contributed by atoms with Crippen molar-refractivity contribution in [2.45, 2.75) is 12.5 Å². The number of hydrogen-bond donors (Lipinski definition) is 1. The lowest BCUT2D eigenvalue weighted by molar-refractivity contribution is -0.140. The van der Waals surface area contributed by atoms with E-state index in [1.807, 2.05) is 17.5 Å². The molecule has 0 aliphatic carbocycles. The number of thioether (sulfide) groups is 1. The number of benzene rings is 1. The average molecular weight is 367 g/mol. The summed E-state index contributed by atoms with van der Waals surface area (Å²) in [6, 6.07) is 9.64. The lowest BCUT2D eigenvalue weighted by Crippen LogP contribution is -2.30. The summed E-state index contributed by atoms with van der Waals surface area (Å²) in [4.78, 5) is 24.2. The van der Waals surface area contributed by atoms with E-state index in [1.54, 1.807) is 12.1 Å². The third-order valence-electron chi connectivity index (χ3n) is 3.25. The molecular formula is C17H18FNO3S2. The van der Waals surface area contributed by atoms with Gasteiger partial charge in [0, 0.05) is 10.6 Å². The van der Waals surface area contributed by atoms with E-state index >= 15 is 0 Å². The summed E-state index contributed by atoms with van der Waals surface area (Å²) in [5, 5.41) is 4.90. The monoisotopic (exact) mass is 367 g/mol. The van der Waals surface area contributed by atoms with Crippen LogP contribution in [0.3, 0.4) is 0 Å². The van der Waals surface area contributed by atoms with Crippen molar-refractivity contribution in [2.75, 3.05) is 18.6 Å². The third-order valence-corrected chi connectivity index (χ3v) is 5.14. The topological polar surface area (TPSA) is 55.4 Å². The van der Waals surface area contributed by atoms with Crippen LogP contribution in [0.4, 0.5) is 4.39 Å². The summed E-state index contributed by atoms with van der Waals surface area (Å²) < 4.78 is 17.7. The van der Waals surface area contributed by atoms with Crippen molar-refractivity contribution in [1.29, 1.82) is 0 Å². The lowest BCUT2D eigenvalue weighted by atomic mass is 10.1. The number of halogens is 1. The van der Waals surface area contributed by atoms with Crippen LogP contribution in [0.15, 0.2) is 41.8 Å². The van der Waals surface area contributed by atoms with Crippen LogP contribution in [0.25, 0.3) is 0 Å². The van der Waals surface area contributed by atoms with Gasteiger partial charge >= 0.3 is 5.97 Å². The van der Waals surface area contributed by atoms with Crippen molar-refractivity contribution >= 4 is 35.0 Å². The van der Waals surface area contributed by atoms with E-state index in [9.17, 15) is 14.0 Å². The summed E-state index contributed by atoms with van der Waals surface area (Å²) >= 11 is 2.90. The minimum atomic E-state index is -0.312. The van der Waals surface area contributed by atoms with Crippen molar-refractivity contribution < 1.29 is 18.7 Å². The van der Waals surface area contributed by atoms with E-state index in [0.717, 1.165) is 10.4 Å². The molecule has 4 nitrogen and oxygen atoms in total. The van der Waals surface area contributed by atoms with E-state index in [1.165, 1.54) is 42.3 Å². The molecule has 0 spiro atoms. The minimum absolute atomic E-state index is 0.132. The average Bonchev–Trinajstić information content (AvgIpc) is 3.11. The Morgan fingerprint density at radius 2 is 2.04 bits per heavy atom. The number of ether oxygens (including phenoxy) is 1. The highest BCUT2D eigenvalue weighted by molar-refractivity contribution is 7.99. The molecule has 2 rings (SSSR count). The standard InChI is InChI=1S/C17H18FNO3S2/c1-22-16(21)8-10-23-11-15(20)19-17(14-3-2-9-24-14)12-4-6-13(18)7-5-12/h2-7,9,17H,8,10-11H2,1H3,(H,19,20)/t17-/m0/s1. The van der Waals surface area contributed by atoms with Gasteiger partial charge in [0.2, 0.25) is 5.91 Å². The van der Waals surface area contributed by atoms with Gasteiger partial charge in [-0.25, -0.2) is 4.39 Å². The minimum Gasteiger partial charge on any atom is -0.469 e. The molecular weight excluding hydrogens is 349 g/mol. The zero-order chi connectivity index (χ0) is 17.4. The van der Waals surface area contributed by atoms with Gasteiger partial charge < -0.3 is 10.1 Å². The van der Waals surface area contributed by atoms with E-state index in [4.69, 9.17) is 0 Å². The fourth-order valence-corrected chi connectivity index (χ4v) is 3.58. The van der Waals surface area contributed by atoms with Crippen LogP contribution in [-0.4, -0.2) is 30.5 Å². The Bertz CT molecular complexity index is 659. The lowest BCUT2D eigenvalue weighted by Gasteiger charge is -2.18. The van der Waals surface area contributed by atoms with Gasteiger partial charge in [0.15, 0.2) is 0 Å². The Morgan fingerprint density at radius 1 is 1.29 bits per heavy atom. The van der Waals surface area contributed by atoms with Gasteiger partial charge in [-0.1, -0.05) is 18.2 Å². The predicted octanol–water partition coefficient (Wildman–Crippen LogP) is 3.39. The molecule has 1 atom stereocenters. The molecule has 0 aliphatic rings. The predicted molar refractivity (Wildman–Crippen MR) is 94.7 cm³/mol. The molecule has 1 heterocycles. The number of carbonyl (C=O) groups is 2. The molecule has 1 aromatic carbocycles. The van der Waals surface area contributed by atoms with Crippen molar-refractivity contribution in [3.05, 3.63) is 58.0 Å². The quantitative estimate of drug-likeness (QED) is 0.574. The number of thiophene rings is 1. The summed E-state index contributed by atoms with van der Waals surface area (Å²) in [5.41, 5.74) is 0.826. The van der Waals surface area contributed by atoms with Gasteiger partial charge in [0.25, 0.3) is 0 Å². The van der Waals surface area contributed by atoms with Gasteiger partial charge in [-0.3, -0.25) is 9.59 Å². The molecule has 0 bridgehead atoms. The zero-order valence-corrected chi connectivity index (χ0v) is 14.8. The first-order valence-corrected chi connectivity index (χ1v) is 9.36. The molecule has 0 saturated carbocycles. The molecule has 7 heteroatoms.